The molecule has 0 saturated heterocycles. The van der Waals surface area contributed by atoms with Crippen LogP contribution in [0.15, 0.2) is 48.5 Å². The summed E-state index contributed by atoms with van der Waals surface area (Å²) in [6, 6.07) is 15.3. The fourth-order valence-electron chi connectivity index (χ4n) is 2.80. The standard InChI is InChI=1S/C20H16FN3O2/c1-25-18-9-5-7-12(19(18)26-2)14-10-17(24-20(23)15(14)11-22)13-6-3-4-8-16(13)21/h3-10H,1-2H3,(H2,23,24). The van der Waals surface area contributed by atoms with Crippen molar-refractivity contribution in [2.24, 2.45) is 0 Å². The lowest BCUT2D eigenvalue weighted by Gasteiger charge is -2.15. The summed E-state index contributed by atoms with van der Waals surface area (Å²) in [6.45, 7) is 0. The van der Waals surface area contributed by atoms with Gasteiger partial charge < -0.3 is 15.2 Å². The van der Waals surface area contributed by atoms with E-state index in [2.05, 4.69) is 11.1 Å². The van der Waals surface area contributed by atoms with Crippen molar-refractivity contribution in [2.45, 2.75) is 0 Å². The molecule has 3 rings (SSSR count). The highest BCUT2D eigenvalue weighted by molar-refractivity contribution is 5.84. The van der Waals surface area contributed by atoms with Gasteiger partial charge in [-0.1, -0.05) is 24.3 Å². The van der Waals surface area contributed by atoms with E-state index in [-0.39, 0.29) is 11.4 Å². The summed E-state index contributed by atoms with van der Waals surface area (Å²) >= 11 is 0. The van der Waals surface area contributed by atoms with E-state index in [4.69, 9.17) is 15.2 Å². The molecule has 5 nitrogen and oxygen atoms in total. The second kappa shape index (κ2) is 7.11. The highest BCUT2D eigenvalue weighted by Gasteiger charge is 2.19. The Bertz CT molecular complexity index is 1010. The van der Waals surface area contributed by atoms with Gasteiger partial charge in [-0.25, -0.2) is 9.37 Å². The fourth-order valence-corrected chi connectivity index (χ4v) is 2.80. The van der Waals surface area contributed by atoms with E-state index in [0.717, 1.165) is 0 Å². The first-order valence-corrected chi connectivity index (χ1v) is 7.77. The van der Waals surface area contributed by atoms with Gasteiger partial charge in [0, 0.05) is 16.7 Å². The first kappa shape index (κ1) is 17.2. The Morgan fingerprint density at radius 1 is 1.00 bits per heavy atom. The van der Waals surface area contributed by atoms with Gasteiger partial charge in [-0.05, 0) is 24.3 Å². The molecule has 1 aromatic heterocycles. The molecule has 0 unspecified atom stereocenters. The highest BCUT2D eigenvalue weighted by atomic mass is 19.1. The Balaban J connectivity index is 2.32. The molecule has 6 heteroatoms. The minimum absolute atomic E-state index is 0.0214. The van der Waals surface area contributed by atoms with Crippen LogP contribution in [0.25, 0.3) is 22.4 Å². The van der Waals surface area contributed by atoms with Crippen LogP contribution >= 0.6 is 0 Å². The number of nitrogen functional groups attached to an aromatic ring is 1. The average molecular weight is 349 g/mol. The summed E-state index contributed by atoms with van der Waals surface area (Å²) in [5, 5.41) is 9.55. The maximum Gasteiger partial charge on any atom is 0.168 e. The highest BCUT2D eigenvalue weighted by Crippen LogP contribution is 2.41. The summed E-state index contributed by atoms with van der Waals surface area (Å²) in [7, 11) is 3.04. The number of nitrogens with two attached hydrogens (primary N) is 1. The molecular weight excluding hydrogens is 333 g/mol. The maximum absolute atomic E-state index is 14.2. The molecule has 0 aliphatic heterocycles. The summed E-state index contributed by atoms with van der Waals surface area (Å²) in [5.74, 6) is 0.564. The SMILES string of the molecule is COc1cccc(-c2cc(-c3ccccc3F)nc(N)c2C#N)c1OC. The number of nitrogens with zero attached hydrogens (tertiary/aromatic N) is 2. The molecule has 0 radical (unpaired) electrons. The van der Waals surface area contributed by atoms with Crippen LogP contribution in [0, 0.1) is 17.1 Å². The van der Waals surface area contributed by atoms with Crippen LogP contribution in [0.1, 0.15) is 5.56 Å². The van der Waals surface area contributed by atoms with Gasteiger partial charge in [-0.15, -0.1) is 0 Å². The lowest BCUT2D eigenvalue weighted by Crippen LogP contribution is -2.02. The number of nitriles is 1. The number of para-hydroxylation sites is 1. The molecule has 0 bridgehead atoms. The van der Waals surface area contributed by atoms with Crippen molar-refractivity contribution in [1.82, 2.24) is 4.98 Å². The molecule has 0 aliphatic carbocycles. The summed E-state index contributed by atoms with van der Waals surface area (Å²) < 4.78 is 25.0. The lowest BCUT2D eigenvalue weighted by atomic mass is 9.97. The number of anilines is 1. The Morgan fingerprint density at radius 3 is 2.38 bits per heavy atom. The zero-order valence-corrected chi connectivity index (χ0v) is 14.3. The predicted molar refractivity (Wildman–Crippen MR) is 97.3 cm³/mol. The molecule has 0 fully saturated rings. The van der Waals surface area contributed by atoms with Gasteiger partial charge in [0.15, 0.2) is 11.5 Å². The van der Waals surface area contributed by atoms with Crippen LogP contribution in [-0.4, -0.2) is 19.2 Å². The van der Waals surface area contributed by atoms with Crippen molar-refractivity contribution in [3.05, 3.63) is 59.9 Å². The van der Waals surface area contributed by atoms with Gasteiger partial charge in [-0.3, -0.25) is 0 Å². The number of hydrogen-bond donors (Lipinski definition) is 1. The number of ether oxygens (including phenoxy) is 2. The van der Waals surface area contributed by atoms with Gasteiger partial charge in [0.05, 0.1) is 19.9 Å². The molecular formula is C20H16FN3O2. The van der Waals surface area contributed by atoms with E-state index in [0.29, 0.717) is 33.9 Å². The quantitative estimate of drug-likeness (QED) is 0.769. The third kappa shape index (κ3) is 2.91. The van der Waals surface area contributed by atoms with Gasteiger partial charge >= 0.3 is 0 Å². The van der Waals surface area contributed by atoms with Gasteiger partial charge in [0.2, 0.25) is 0 Å². The zero-order valence-electron chi connectivity index (χ0n) is 14.3. The van der Waals surface area contributed by atoms with Gasteiger partial charge in [-0.2, -0.15) is 5.26 Å². The Morgan fingerprint density at radius 2 is 1.73 bits per heavy atom. The zero-order chi connectivity index (χ0) is 18.7. The molecule has 2 N–H and O–H groups in total. The Hall–Kier alpha value is -3.59. The van der Waals surface area contributed by atoms with E-state index in [1.54, 1.807) is 42.5 Å². The molecule has 0 saturated carbocycles. The van der Waals surface area contributed by atoms with Crippen molar-refractivity contribution in [3.63, 3.8) is 0 Å². The van der Waals surface area contributed by atoms with E-state index in [1.807, 2.05) is 0 Å². The Kier molecular flexibility index (Phi) is 4.72. The Labute approximate surface area is 150 Å². The van der Waals surface area contributed by atoms with Crippen LogP contribution in [0.3, 0.4) is 0 Å². The molecule has 0 atom stereocenters. The van der Waals surface area contributed by atoms with E-state index in [1.165, 1.54) is 20.3 Å². The van der Waals surface area contributed by atoms with Crippen molar-refractivity contribution >= 4 is 5.82 Å². The van der Waals surface area contributed by atoms with Crippen LogP contribution in [0.5, 0.6) is 11.5 Å². The van der Waals surface area contributed by atoms with Gasteiger partial charge in [0.25, 0.3) is 0 Å². The average Bonchev–Trinajstić information content (AvgIpc) is 2.66. The molecule has 0 aliphatic rings. The van der Waals surface area contributed by atoms with E-state index < -0.39 is 5.82 Å². The van der Waals surface area contributed by atoms with Crippen LogP contribution < -0.4 is 15.2 Å². The number of hydrogen-bond acceptors (Lipinski definition) is 5. The van der Waals surface area contributed by atoms with Crippen LogP contribution in [-0.2, 0) is 0 Å². The van der Waals surface area contributed by atoms with Crippen molar-refractivity contribution in [2.75, 3.05) is 20.0 Å². The number of pyridine rings is 1. The summed E-state index contributed by atoms with van der Waals surface area (Å²) in [4.78, 5) is 4.20. The minimum Gasteiger partial charge on any atom is -0.493 e. The molecule has 2 aromatic carbocycles. The monoisotopic (exact) mass is 349 g/mol. The van der Waals surface area contributed by atoms with E-state index in [9.17, 15) is 9.65 Å². The fraction of sp³-hybridized carbons (Fsp3) is 0.100. The number of aromatic nitrogens is 1. The normalized spacial score (nSPS) is 10.2. The molecule has 0 spiro atoms. The second-order valence-corrected chi connectivity index (χ2v) is 5.45. The van der Waals surface area contributed by atoms with Crippen molar-refractivity contribution in [1.29, 1.82) is 5.26 Å². The smallest absolute Gasteiger partial charge is 0.168 e. The lowest BCUT2D eigenvalue weighted by molar-refractivity contribution is 0.356. The molecule has 0 amide bonds. The van der Waals surface area contributed by atoms with Crippen molar-refractivity contribution in [3.8, 4) is 40.0 Å². The molecule has 26 heavy (non-hydrogen) atoms. The van der Waals surface area contributed by atoms with Crippen LogP contribution in [0.2, 0.25) is 0 Å². The number of benzene rings is 2. The number of halogens is 1. The van der Waals surface area contributed by atoms with E-state index >= 15 is 0 Å². The number of rotatable bonds is 4. The first-order valence-electron chi connectivity index (χ1n) is 7.77. The minimum atomic E-state index is -0.423. The third-order valence-electron chi connectivity index (χ3n) is 4.00. The topological polar surface area (TPSA) is 81.2 Å². The van der Waals surface area contributed by atoms with Gasteiger partial charge in [0.1, 0.15) is 23.3 Å². The molecule has 3 aromatic rings. The van der Waals surface area contributed by atoms with Crippen molar-refractivity contribution < 1.29 is 13.9 Å². The summed E-state index contributed by atoms with van der Waals surface area (Å²) in [6.07, 6.45) is 0. The third-order valence-corrected chi connectivity index (χ3v) is 4.00. The second-order valence-electron chi connectivity index (χ2n) is 5.45. The first-order chi connectivity index (χ1) is 12.6. The maximum atomic E-state index is 14.2. The molecule has 130 valence electrons. The molecule has 1 heterocycles. The summed E-state index contributed by atoms with van der Waals surface area (Å²) in [5.41, 5.74) is 7.91. The van der Waals surface area contributed by atoms with Crippen LogP contribution in [0.4, 0.5) is 10.2 Å². The number of methoxy groups -OCH3 is 2. The predicted octanol–water partition coefficient (Wildman–Crippen LogP) is 4.03. The largest absolute Gasteiger partial charge is 0.493 e.